The predicted octanol–water partition coefficient (Wildman–Crippen LogP) is 5.02. The number of ether oxygens (including phenoxy) is 1. The molecule has 0 N–H and O–H groups in total. The second-order valence-electron chi connectivity index (χ2n) is 9.37. The molecule has 4 rings (SSSR count). The highest BCUT2D eigenvalue weighted by Crippen LogP contribution is 2.52. The summed E-state index contributed by atoms with van der Waals surface area (Å²) in [5.74, 6) is 0.0732. The number of benzene rings is 1. The highest BCUT2D eigenvalue weighted by Gasteiger charge is 2.42. The van der Waals surface area contributed by atoms with Crippen molar-refractivity contribution in [1.82, 2.24) is 0 Å². The molecule has 1 fully saturated rings. The number of methoxy groups -OCH3 is 1. The minimum Gasteiger partial charge on any atom is -0.465 e. The minimum atomic E-state index is -0.648. The maximum absolute atomic E-state index is 12.5. The molecule has 0 aliphatic heterocycles. The largest absolute Gasteiger partial charge is 0.465 e. The molecule has 1 saturated carbocycles. The molecular weight excluding hydrogens is 340 g/mol. The van der Waals surface area contributed by atoms with Crippen LogP contribution in [0, 0.1) is 12.8 Å². The Hall–Kier alpha value is -2.10. The first kappa shape index (κ1) is 18.3. The molecule has 1 heterocycles. The molecule has 2 aliphatic rings. The van der Waals surface area contributed by atoms with Gasteiger partial charge < -0.3 is 9.15 Å². The van der Waals surface area contributed by atoms with Gasteiger partial charge >= 0.3 is 11.6 Å². The normalized spacial score (nSPS) is 26.3. The van der Waals surface area contributed by atoms with Crippen LogP contribution in [-0.4, -0.2) is 13.1 Å². The van der Waals surface area contributed by atoms with Crippen LogP contribution < -0.4 is 5.63 Å². The lowest BCUT2D eigenvalue weighted by atomic mass is 9.72. The van der Waals surface area contributed by atoms with Crippen molar-refractivity contribution < 1.29 is 13.9 Å². The van der Waals surface area contributed by atoms with Crippen LogP contribution in [0.2, 0.25) is 0 Å². The number of hydrogen-bond acceptors (Lipinski definition) is 4. The third kappa shape index (κ3) is 2.72. The summed E-state index contributed by atoms with van der Waals surface area (Å²) in [4.78, 5) is 24.5. The molecule has 2 aliphatic carbocycles. The first-order chi connectivity index (χ1) is 12.7. The lowest BCUT2D eigenvalue weighted by Crippen LogP contribution is -2.24. The van der Waals surface area contributed by atoms with Crippen LogP contribution in [0.4, 0.5) is 0 Å². The van der Waals surface area contributed by atoms with Gasteiger partial charge in [-0.1, -0.05) is 20.8 Å². The fourth-order valence-corrected chi connectivity index (χ4v) is 5.58. The predicted molar refractivity (Wildman–Crippen MR) is 106 cm³/mol. The Morgan fingerprint density at radius 3 is 2.59 bits per heavy atom. The third-order valence-corrected chi connectivity index (χ3v) is 7.04. The van der Waals surface area contributed by atoms with Crippen molar-refractivity contribution in [2.24, 2.45) is 5.92 Å². The van der Waals surface area contributed by atoms with E-state index in [9.17, 15) is 9.59 Å². The van der Waals surface area contributed by atoms with Gasteiger partial charge in [0.1, 0.15) is 11.1 Å². The highest BCUT2D eigenvalue weighted by molar-refractivity contribution is 5.94. The van der Waals surface area contributed by atoms with E-state index in [0.29, 0.717) is 5.58 Å². The van der Waals surface area contributed by atoms with E-state index in [4.69, 9.17) is 9.15 Å². The van der Waals surface area contributed by atoms with Gasteiger partial charge in [-0.05, 0) is 79.0 Å². The summed E-state index contributed by atoms with van der Waals surface area (Å²) in [6.45, 7) is 9.08. The Morgan fingerprint density at radius 2 is 1.89 bits per heavy atom. The summed E-state index contributed by atoms with van der Waals surface area (Å²) in [6, 6.07) is 3.77. The molecule has 1 aromatic carbocycles. The van der Waals surface area contributed by atoms with Crippen LogP contribution in [0.15, 0.2) is 21.3 Å². The van der Waals surface area contributed by atoms with E-state index in [0.717, 1.165) is 30.6 Å². The van der Waals surface area contributed by atoms with Gasteiger partial charge in [-0.2, -0.15) is 0 Å². The zero-order valence-electron chi connectivity index (χ0n) is 16.9. The number of fused-ring (bicyclic) bond motifs is 7. The van der Waals surface area contributed by atoms with Crippen LogP contribution >= 0.6 is 0 Å². The maximum Gasteiger partial charge on any atom is 0.351 e. The molecule has 0 amide bonds. The van der Waals surface area contributed by atoms with Crippen LogP contribution in [0.3, 0.4) is 0 Å². The molecule has 27 heavy (non-hydrogen) atoms. The molecule has 1 aromatic heterocycles. The SMILES string of the molecule is COC(=O)c1cc2cc3c(C)c(c2oc1=O)C1(C)CCC(CCC3(C)C)C1. The Morgan fingerprint density at radius 1 is 1.19 bits per heavy atom. The van der Waals surface area contributed by atoms with E-state index in [-0.39, 0.29) is 16.4 Å². The van der Waals surface area contributed by atoms with E-state index in [1.165, 1.54) is 36.6 Å². The van der Waals surface area contributed by atoms with Gasteiger partial charge in [0.05, 0.1) is 7.11 Å². The van der Waals surface area contributed by atoms with Crippen LogP contribution in [-0.2, 0) is 15.6 Å². The van der Waals surface area contributed by atoms with Gasteiger partial charge in [0, 0.05) is 10.9 Å². The van der Waals surface area contributed by atoms with Crippen molar-refractivity contribution in [1.29, 1.82) is 0 Å². The smallest absolute Gasteiger partial charge is 0.351 e. The fourth-order valence-electron chi connectivity index (χ4n) is 5.58. The first-order valence-corrected chi connectivity index (χ1v) is 9.87. The van der Waals surface area contributed by atoms with Crippen molar-refractivity contribution in [2.75, 3.05) is 7.11 Å². The zero-order valence-corrected chi connectivity index (χ0v) is 16.9. The van der Waals surface area contributed by atoms with Gasteiger partial charge in [-0.25, -0.2) is 9.59 Å². The lowest BCUT2D eigenvalue weighted by molar-refractivity contribution is 0.0596. The fraction of sp³-hybridized carbons (Fsp3) is 0.565. The van der Waals surface area contributed by atoms with Crippen molar-refractivity contribution in [2.45, 2.75) is 70.6 Å². The van der Waals surface area contributed by atoms with Crippen molar-refractivity contribution in [3.8, 4) is 0 Å². The third-order valence-electron chi connectivity index (χ3n) is 7.04. The molecule has 0 saturated heterocycles. The number of carbonyl (C=O) groups excluding carboxylic acids is 1. The van der Waals surface area contributed by atoms with Gasteiger partial charge in [-0.15, -0.1) is 0 Å². The number of hydrogen-bond donors (Lipinski definition) is 0. The zero-order chi connectivity index (χ0) is 19.6. The van der Waals surface area contributed by atoms with Crippen LogP contribution in [0.25, 0.3) is 11.0 Å². The first-order valence-electron chi connectivity index (χ1n) is 9.87. The highest BCUT2D eigenvalue weighted by atomic mass is 16.5. The maximum atomic E-state index is 12.5. The van der Waals surface area contributed by atoms with Gasteiger partial charge in [0.25, 0.3) is 0 Å². The molecule has 2 unspecified atom stereocenters. The quantitative estimate of drug-likeness (QED) is 0.524. The Bertz CT molecular complexity index is 998. The van der Waals surface area contributed by atoms with Gasteiger partial charge in [-0.3, -0.25) is 0 Å². The number of rotatable bonds is 1. The Labute approximate surface area is 159 Å². The van der Waals surface area contributed by atoms with Crippen molar-refractivity contribution in [3.05, 3.63) is 44.8 Å². The molecule has 4 heteroatoms. The standard InChI is InChI=1S/C23H28O4/c1-13-17-11-15-10-16(20(24)26-5)21(25)27-19(15)18(13)23(4)9-7-14(12-23)6-8-22(17,2)3/h10-11,14H,6-9,12H2,1-5H3. The summed E-state index contributed by atoms with van der Waals surface area (Å²) in [6.07, 6.45) is 5.83. The molecule has 2 atom stereocenters. The van der Waals surface area contributed by atoms with Crippen molar-refractivity contribution in [3.63, 3.8) is 0 Å². The van der Waals surface area contributed by atoms with E-state index in [1.54, 1.807) is 6.07 Å². The van der Waals surface area contributed by atoms with E-state index >= 15 is 0 Å². The summed E-state index contributed by atoms with van der Waals surface area (Å²) in [5, 5.41) is 0.824. The number of esters is 1. The summed E-state index contributed by atoms with van der Waals surface area (Å²) in [7, 11) is 1.28. The number of carbonyl (C=O) groups is 1. The minimum absolute atomic E-state index is 0.00610. The topological polar surface area (TPSA) is 56.5 Å². The summed E-state index contributed by atoms with van der Waals surface area (Å²) >= 11 is 0. The molecule has 4 bridgehead atoms. The van der Waals surface area contributed by atoms with Gasteiger partial charge in [0.2, 0.25) is 0 Å². The molecule has 0 spiro atoms. The van der Waals surface area contributed by atoms with E-state index in [1.807, 2.05) is 0 Å². The lowest BCUT2D eigenvalue weighted by Gasteiger charge is -2.32. The Balaban J connectivity index is 2.11. The molecular formula is C23H28O4. The molecule has 4 nitrogen and oxygen atoms in total. The van der Waals surface area contributed by atoms with Gasteiger partial charge in [0.15, 0.2) is 0 Å². The van der Waals surface area contributed by atoms with Crippen LogP contribution in [0.1, 0.15) is 79.9 Å². The van der Waals surface area contributed by atoms with Crippen LogP contribution in [0.5, 0.6) is 0 Å². The van der Waals surface area contributed by atoms with Crippen molar-refractivity contribution >= 4 is 16.9 Å². The average Bonchev–Trinajstić information content (AvgIpc) is 3.00. The van der Waals surface area contributed by atoms with E-state index in [2.05, 4.69) is 33.8 Å². The second kappa shape index (κ2) is 5.95. The monoisotopic (exact) mass is 368 g/mol. The molecule has 144 valence electrons. The Kier molecular flexibility index (Phi) is 4.03. The summed E-state index contributed by atoms with van der Waals surface area (Å²) in [5.41, 5.74) is 3.75. The summed E-state index contributed by atoms with van der Waals surface area (Å²) < 4.78 is 10.5. The molecule has 2 aromatic rings. The van der Waals surface area contributed by atoms with E-state index < -0.39 is 11.6 Å². The second-order valence-corrected chi connectivity index (χ2v) is 9.37. The average molecular weight is 368 g/mol. The molecule has 0 radical (unpaired) electrons.